The second-order valence-electron chi connectivity index (χ2n) is 6.40. The number of hydrogen-bond acceptors (Lipinski definition) is 5. The van der Waals surface area contributed by atoms with E-state index in [0.29, 0.717) is 31.2 Å². The van der Waals surface area contributed by atoms with Crippen LogP contribution in [0.2, 0.25) is 0 Å². The molecule has 150 valence electrons. The van der Waals surface area contributed by atoms with E-state index in [1.807, 2.05) is 31.2 Å². The van der Waals surface area contributed by atoms with Crippen molar-refractivity contribution in [2.45, 2.75) is 20.3 Å². The quantitative estimate of drug-likeness (QED) is 0.603. The fourth-order valence-electron chi connectivity index (χ4n) is 2.76. The predicted octanol–water partition coefficient (Wildman–Crippen LogP) is 4.04. The predicted molar refractivity (Wildman–Crippen MR) is 110 cm³/mol. The van der Waals surface area contributed by atoms with E-state index in [0.717, 1.165) is 17.0 Å². The normalized spacial score (nSPS) is 10.4. The molecule has 3 rings (SSSR count). The van der Waals surface area contributed by atoms with Crippen molar-refractivity contribution in [2.75, 3.05) is 18.5 Å². The van der Waals surface area contributed by atoms with Gasteiger partial charge in [0.1, 0.15) is 28.9 Å². The lowest BCUT2D eigenvalue weighted by atomic mass is 10.1. The van der Waals surface area contributed by atoms with Crippen LogP contribution in [0.3, 0.4) is 0 Å². The number of carbonyl (C=O) groups excluding carboxylic acids is 1. The van der Waals surface area contributed by atoms with E-state index in [1.165, 1.54) is 12.1 Å². The first-order valence-electron chi connectivity index (χ1n) is 9.41. The number of halogens is 1. The lowest BCUT2D eigenvalue weighted by Crippen LogP contribution is -2.27. The van der Waals surface area contributed by atoms with Crippen LogP contribution in [-0.4, -0.2) is 29.0 Å². The minimum atomic E-state index is -0.285. The van der Waals surface area contributed by atoms with Crippen LogP contribution in [-0.2, 0) is 6.42 Å². The van der Waals surface area contributed by atoms with Gasteiger partial charge in [-0.3, -0.25) is 4.79 Å². The molecule has 1 amide bonds. The highest BCUT2D eigenvalue weighted by atomic mass is 19.1. The molecule has 1 aromatic heterocycles. The molecule has 0 bridgehead atoms. The zero-order chi connectivity index (χ0) is 20.6. The molecule has 0 fully saturated rings. The molecule has 2 N–H and O–H groups in total. The summed E-state index contributed by atoms with van der Waals surface area (Å²) in [7, 11) is 0. The minimum Gasteiger partial charge on any atom is -0.494 e. The first-order valence-corrected chi connectivity index (χ1v) is 9.41. The summed E-state index contributed by atoms with van der Waals surface area (Å²) in [6, 6.07) is 15.3. The Morgan fingerprint density at radius 1 is 1.07 bits per heavy atom. The highest BCUT2D eigenvalue weighted by molar-refractivity contribution is 5.93. The van der Waals surface area contributed by atoms with Crippen LogP contribution < -0.4 is 15.4 Å². The maximum atomic E-state index is 12.9. The molecular formula is C22H23FN4O2. The number of aromatic nitrogens is 2. The summed E-state index contributed by atoms with van der Waals surface area (Å²) in [5, 5.41) is 6.01. The molecule has 0 atom stereocenters. The van der Waals surface area contributed by atoms with Gasteiger partial charge in [-0.1, -0.05) is 12.1 Å². The third-order valence-electron chi connectivity index (χ3n) is 4.12. The maximum Gasteiger partial charge on any atom is 0.270 e. The molecular weight excluding hydrogens is 371 g/mol. The van der Waals surface area contributed by atoms with Crippen LogP contribution in [0.25, 0.3) is 0 Å². The van der Waals surface area contributed by atoms with Crippen LogP contribution in [0.15, 0.2) is 54.6 Å². The monoisotopic (exact) mass is 394 g/mol. The van der Waals surface area contributed by atoms with E-state index in [1.54, 1.807) is 25.1 Å². The Morgan fingerprint density at radius 2 is 1.79 bits per heavy atom. The molecule has 29 heavy (non-hydrogen) atoms. The second-order valence-corrected chi connectivity index (χ2v) is 6.40. The molecule has 1 heterocycles. The van der Waals surface area contributed by atoms with Crippen LogP contribution in [0, 0.1) is 12.7 Å². The summed E-state index contributed by atoms with van der Waals surface area (Å²) < 4.78 is 18.4. The van der Waals surface area contributed by atoms with Gasteiger partial charge in [-0.15, -0.1) is 0 Å². The molecule has 0 aliphatic heterocycles. The van der Waals surface area contributed by atoms with E-state index in [2.05, 4.69) is 20.6 Å². The van der Waals surface area contributed by atoms with Crippen molar-refractivity contribution >= 4 is 17.4 Å². The summed E-state index contributed by atoms with van der Waals surface area (Å²) in [6.45, 7) is 4.70. The Labute approximate surface area is 169 Å². The van der Waals surface area contributed by atoms with Crippen LogP contribution in [0.4, 0.5) is 15.9 Å². The number of ether oxygens (including phenoxy) is 1. The van der Waals surface area contributed by atoms with Gasteiger partial charge in [0.15, 0.2) is 0 Å². The number of carbonyl (C=O) groups is 1. The van der Waals surface area contributed by atoms with Gasteiger partial charge >= 0.3 is 0 Å². The van der Waals surface area contributed by atoms with Crippen molar-refractivity contribution in [3.05, 3.63) is 77.5 Å². The largest absolute Gasteiger partial charge is 0.494 e. The van der Waals surface area contributed by atoms with Gasteiger partial charge in [-0.05, 0) is 62.2 Å². The van der Waals surface area contributed by atoms with Crippen molar-refractivity contribution in [1.82, 2.24) is 15.3 Å². The van der Waals surface area contributed by atoms with Gasteiger partial charge in [-0.2, -0.15) is 0 Å². The molecule has 0 aliphatic rings. The van der Waals surface area contributed by atoms with Crippen LogP contribution >= 0.6 is 0 Å². The van der Waals surface area contributed by atoms with Gasteiger partial charge in [0, 0.05) is 18.3 Å². The number of anilines is 2. The van der Waals surface area contributed by atoms with Crippen LogP contribution in [0.5, 0.6) is 5.75 Å². The first-order chi connectivity index (χ1) is 14.0. The minimum absolute atomic E-state index is 0.276. The Balaban J connectivity index is 1.61. The van der Waals surface area contributed by atoms with Gasteiger partial charge < -0.3 is 15.4 Å². The number of hydrogen-bond donors (Lipinski definition) is 2. The first kappa shape index (κ1) is 20.3. The number of aryl methyl sites for hydroxylation is 1. The van der Waals surface area contributed by atoms with Crippen molar-refractivity contribution in [1.29, 1.82) is 0 Å². The smallest absolute Gasteiger partial charge is 0.270 e. The Kier molecular flexibility index (Phi) is 6.73. The zero-order valence-electron chi connectivity index (χ0n) is 16.4. The average molecular weight is 394 g/mol. The summed E-state index contributed by atoms with van der Waals surface area (Å²) in [5.74, 6) is 1.25. The molecule has 0 unspecified atom stereocenters. The molecule has 7 heteroatoms. The number of amides is 1. The van der Waals surface area contributed by atoms with Crippen molar-refractivity contribution in [3.63, 3.8) is 0 Å². The maximum absolute atomic E-state index is 12.9. The molecule has 0 spiro atoms. The fourth-order valence-corrected chi connectivity index (χ4v) is 2.76. The third-order valence-corrected chi connectivity index (χ3v) is 4.12. The lowest BCUT2D eigenvalue weighted by molar-refractivity contribution is 0.0949. The van der Waals surface area contributed by atoms with E-state index >= 15 is 0 Å². The third kappa shape index (κ3) is 6.00. The Bertz CT molecular complexity index is 960. The Morgan fingerprint density at radius 3 is 2.48 bits per heavy atom. The van der Waals surface area contributed by atoms with Crippen LogP contribution in [0.1, 0.15) is 28.8 Å². The zero-order valence-corrected chi connectivity index (χ0v) is 16.4. The summed E-state index contributed by atoms with van der Waals surface area (Å²) >= 11 is 0. The molecule has 3 aromatic rings. The van der Waals surface area contributed by atoms with Gasteiger partial charge in [0.05, 0.1) is 6.61 Å². The van der Waals surface area contributed by atoms with Gasteiger partial charge in [0.25, 0.3) is 5.91 Å². The molecule has 0 radical (unpaired) electrons. The second kappa shape index (κ2) is 9.64. The number of nitrogens with zero attached hydrogens (tertiary/aromatic N) is 2. The van der Waals surface area contributed by atoms with E-state index < -0.39 is 0 Å². The molecule has 6 nitrogen and oxygen atoms in total. The molecule has 2 aromatic carbocycles. The lowest BCUT2D eigenvalue weighted by Gasteiger charge is -2.10. The van der Waals surface area contributed by atoms with Crippen molar-refractivity contribution in [3.8, 4) is 5.75 Å². The molecule has 0 saturated carbocycles. The summed E-state index contributed by atoms with van der Waals surface area (Å²) in [5.41, 5.74) is 2.06. The number of nitrogens with one attached hydrogen (secondary N) is 2. The average Bonchev–Trinajstić information content (AvgIpc) is 2.71. The summed E-state index contributed by atoms with van der Waals surface area (Å²) in [6.07, 6.45) is 0.605. The standard InChI is InChI=1S/C22H23FN4O2/c1-3-29-19-10-8-18(9-11-19)27-21-14-20(25-15(2)26-21)22(28)24-13-12-16-4-6-17(23)7-5-16/h4-11,14H,3,12-13H2,1-2H3,(H,24,28)(H,25,26,27). The number of benzene rings is 2. The van der Waals surface area contributed by atoms with E-state index in [9.17, 15) is 9.18 Å². The van der Waals surface area contributed by atoms with Gasteiger partial charge in [0.2, 0.25) is 0 Å². The Hall–Kier alpha value is -3.48. The number of rotatable bonds is 8. The van der Waals surface area contributed by atoms with Crippen molar-refractivity contribution in [2.24, 2.45) is 0 Å². The summed E-state index contributed by atoms with van der Waals surface area (Å²) in [4.78, 5) is 21.0. The fraction of sp³-hybridized carbons (Fsp3) is 0.227. The van der Waals surface area contributed by atoms with E-state index in [4.69, 9.17) is 4.74 Å². The SMILES string of the molecule is CCOc1ccc(Nc2cc(C(=O)NCCc3ccc(F)cc3)nc(C)n2)cc1. The topological polar surface area (TPSA) is 76.1 Å². The highest BCUT2D eigenvalue weighted by Gasteiger charge is 2.10. The molecule has 0 saturated heterocycles. The van der Waals surface area contributed by atoms with Gasteiger partial charge in [-0.25, -0.2) is 14.4 Å². The highest BCUT2D eigenvalue weighted by Crippen LogP contribution is 2.19. The molecule has 0 aliphatic carbocycles. The van der Waals surface area contributed by atoms with Crippen molar-refractivity contribution < 1.29 is 13.9 Å². The van der Waals surface area contributed by atoms with E-state index in [-0.39, 0.29) is 17.4 Å².